The Morgan fingerprint density at radius 3 is 2.91 bits per heavy atom. The van der Waals surface area contributed by atoms with E-state index >= 15 is 0 Å². The lowest BCUT2D eigenvalue weighted by Crippen LogP contribution is -2.52. The molecule has 120 valence electrons. The van der Waals surface area contributed by atoms with Crippen molar-refractivity contribution in [2.45, 2.75) is 18.6 Å². The number of nitrogens with zero attached hydrogens (tertiary/aromatic N) is 5. The van der Waals surface area contributed by atoms with Crippen LogP contribution in [-0.2, 0) is 0 Å². The molecule has 0 radical (unpaired) electrons. The molecule has 23 heavy (non-hydrogen) atoms. The highest BCUT2D eigenvalue weighted by molar-refractivity contribution is 7.07. The molecule has 2 aromatic rings. The normalized spacial score (nSPS) is 24.4. The minimum Gasteiger partial charge on any atom is -0.486 e. The Kier molecular flexibility index (Phi) is 3.92. The van der Waals surface area contributed by atoms with Gasteiger partial charge in [-0.05, 0) is 0 Å². The average molecular weight is 331 g/mol. The fourth-order valence-corrected chi connectivity index (χ4v) is 3.81. The van der Waals surface area contributed by atoms with Crippen molar-refractivity contribution in [1.82, 2.24) is 24.8 Å². The van der Waals surface area contributed by atoms with Crippen molar-refractivity contribution in [1.29, 1.82) is 0 Å². The summed E-state index contributed by atoms with van der Waals surface area (Å²) in [7, 11) is 0. The molecule has 8 heteroatoms. The fraction of sp³-hybridized carbons (Fsp3) is 0.467. The lowest BCUT2D eigenvalue weighted by Gasteiger charge is -2.36. The number of carbonyl (C=O) groups excluding carboxylic acids is 1. The zero-order chi connectivity index (χ0) is 15.6. The zero-order valence-electron chi connectivity index (χ0n) is 12.5. The number of hydrogen-bond donors (Lipinski definition) is 0. The first-order chi connectivity index (χ1) is 11.3. The van der Waals surface area contributed by atoms with E-state index in [4.69, 9.17) is 4.74 Å². The van der Waals surface area contributed by atoms with Crippen LogP contribution in [0.3, 0.4) is 0 Å². The Morgan fingerprint density at radius 1 is 1.26 bits per heavy atom. The second kappa shape index (κ2) is 6.21. The minimum atomic E-state index is 0.0340. The summed E-state index contributed by atoms with van der Waals surface area (Å²) >= 11 is 1.45. The number of aromatic nitrogens is 3. The van der Waals surface area contributed by atoms with Crippen LogP contribution in [0.5, 0.6) is 5.75 Å². The molecule has 2 aliphatic rings. The van der Waals surface area contributed by atoms with Crippen molar-refractivity contribution in [3.05, 3.63) is 35.3 Å². The molecule has 0 N–H and O–H groups in total. The van der Waals surface area contributed by atoms with Crippen molar-refractivity contribution in [2.24, 2.45) is 0 Å². The summed E-state index contributed by atoms with van der Waals surface area (Å²) in [6.45, 7) is 3.25. The molecule has 0 aliphatic carbocycles. The Hall–Kier alpha value is -2.06. The van der Waals surface area contributed by atoms with E-state index in [0.29, 0.717) is 17.5 Å². The van der Waals surface area contributed by atoms with Gasteiger partial charge in [0, 0.05) is 44.0 Å². The highest BCUT2D eigenvalue weighted by atomic mass is 32.1. The second-order valence-corrected chi connectivity index (χ2v) is 6.54. The number of thiazole rings is 1. The molecule has 0 saturated carbocycles. The molecule has 2 atom stereocenters. The minimum absolute atomic E-state index is 0.0340. The summed E-state index contributed by atoms with van der Waals surface area (Å²) in [6, 6.07) is 0.348. The number of amides is 1. The average Bonchev–Trinajstić information content (AvgIpc) is 3.23. The molecule has 4 rings (SSSR count). The lowest BCUT2D eigenvalue weighted by molar-refractivity contribution is 0.0565. The molecule has 2 aromatic heterocycles. The van der Waals surface area contributed by atoms with Gasteiger partial charge >= 0.3 is 0 Å². The molecule has 2 fully saturated rings. The molecule has 0 unspecified atom stereocenters. The van der Waals surface area contributed by atoms with Crippen molar-refractivity contribution in [3.63, 3.8) is 0 Å². The number of ether oxygens (including phenoxy) is 1. The number of rotatable bonds is 3. The number of fused-ring (bicyclic) bond motifs is 1. The van der Waals surface area contributed by atoms with Gasteiger partial charge in [0.1, 0.15) is 18.1 Å². The Labute approximate surface area is 137 Å². The van der Waals surface area contributed by atoms with Crippen LogP contribution >= 0.6 is 11.3 Å². The van der Waals surface area contributed by atoms with Gasteiger partial charge in [0.25, 0.3) is 5.91 Å². The Bertz CT molecular complexity index is 666. The van der Waals surface area contributed by atoms with E-state index in [-0.39, 0.29) is 12.0 Å². The van der Waals surface area contributed by atoms with Crippen LogP contribution in [0.4, 0.5) is 0 Å². The van der Waals surface area contributed by atoms with Gasteiger partial charge in [-0.1, -0.05) is 0 Å². The highest BCUT2D eigenvalue weighted by Gasteiger charge is 2.38. The van der Waals surface area contributed by atoms with Crippen LogP contribution in [0.2, 0.25) is 0 Å². The van der Waals surface area contributed by atoms with Gasteiger partial charge in [-0.3, -0.25) is 9.69 Å². The Balaban J connectivity index is 1.38. The first kappa shape index (κ1) is 14.5. The molecule has 7 nitrogen and oxygen atoms in total. The van der Waals surface area contributed by atoms with Crippen molar-refractivity contribution < 1.29 is 9.53 Å². The molecule has 2 saturated heterocycles. The summed E-state index contributed by atoms with van der Waals surface area (Å²) in [5, 5.41) is 1.81. The van der Waals surface area contributed by atoms with Crippen molar-refractivity contribution in [2.75, 3.05) is 26.2 Å². The lowest BCUT2D eigenvalue weighted by atomic mass is 10.1. The van der Waals surface area contributed by atoms with E-state index in [2.05, 4.69) is 19.9 Å². The van der Waals surface area contributed by atoms with Crippen LogP contribution in [0.1, 0.15) is 16.9 Å². The molecular weight excluding hydrogens is 314 g/mol. The SMILES string of the molecule is O=C(c1cscn1)N1CCN2C[C@H](Oc3cncnc3)C[C@H]2C1. The van der Waals surface area contributed by atoms with Gasteiger partial charge in [-0.2, -0.15) is 0 Å². The Morgan fingerprint density at radius 2 is 2.13 bits per heavy atom. The molecule has 4 heterocycles. The van der Waals surface area contributed by atoms with Gasteiger partial charge in [-0.25, -0.2) is 15.0 Å². The van der Waals surface area contributed by atoms with E-state index in [0.717, 1.165) is 32.6 Å². The van der Waals surface area contributed by atoms with E-state index in [1.807, 2.05) is 10.3 Å². The number of carbonyl (C=O) groups is 1. The van der Waals surface area contributed by atoms with Crippen LogP contribution < -0.4 is 4.74 Å². The van der Waals surface area contributed by atoms with E-state index in [9.17, 15) is 4.79 Å². The first-order valence-electron chi connectivity index (χ1n) is 7.63. The van der Waals surface area contributed by atoms with Gasteiger partial charge in [0.2, 0.25) is 0 Å². The molecule has 1 amide bonds. The maximum atomic E-state index is 12.4. The zero-order valence-corrected chi connectivity index (χ0v) is 13.4. The van der Waals surface area contributed by atoms with Gasteiger partial charge < -0.3 is 9.64 Å². The quantitative estimate of drug-likeness (QED) is 0.832. The van der Waals surface area contributed by atoms with Gasteiger partial charge in [-0.15, -0.1) is 11.3 Å². The number of hydrogen-bond acceptors (Lipinski definition) is 7. The van der Waals surface area contributed by atoms with Crippen LogP contribution in [0, 0.1) is 0 Å². The maximum Gasteiger partial charge on any atom is 0.273 e. The van der Waals surface area contributed by atoms with E-state index in [1.165, 1.54) is 17.7 Å². The second-order valence-electron chi connectivity index (χ2n) is 5.82. The molecule has 0 bridgehead atoms. The van der Waals surface area contributed by atoms with Crippen LogP contribution in [0.15, 0.2) is 29.6 Å². The third kappa shape index (κ3) is 3.04. The summed E-state index contributed by atoms with van der Waals surface area (Å²) < 4.78 is 5.95. The predicted octanol–water partition coefficient (Wildman–Crippen LogP) is 0.911. The standard InChI is InChI=1S/C15H17N5O2S/c21-15(14-8-23-10-18-14)20-2-1-19-7-12(3-11(19)6-20)22-13-4-16-9-17-5-13/h4-5,8-12H,1-3,6-7H2/t11-,12+/m0/s1. The largest absolute Gasteiger partial charge is 0.486 e. The fourth-order valence-electron chi connectivity index (χ4n) is 3.29. The maximum absolute atomic E-state index is 12.4. The topological polar surface area (TPSA) is 71.5 Å². The highest BCUT2D eigenvalue weighted by Crippen LogP contribution is 2.26. The molecule has 0 aromatic carbocycles. The predicted molar refractivity (Wildman–Crippen MR) is 84.4 cm³/mol. The third-order valence-corrected chi connectivity index (χ3v) is 4.94. The molecule has 2 aliphatic heterocycles. The summed E-state index contributed by atoms with van der Waals surface area (Å²) in [6.07, 6.45) is 5.90. The van der Waals surface area contributed by atoms with Crippen LogP contribution in [-0.4, -0.2) is 69.0 Å². The summed E-state index contributed by atoms with van der Waals surface area (Å²) in [5.74, 6) is 0.736. The first-order valence-corrected chi connectivity index (χ1v) is 8.57. The molecular formula is C15H17N5O2S. The van der Waals surface area contributed by atoms with Crippen LogP contribution in [0.25, 0.3) is 0 Å². The smallest absolute Gasteiger partial charge is 0.273 e. The van der Waals surface area contributed by atoms with E-state index in [1.54, 1.807) is 17.9 Å². The van der Waals surface area contributed by atoms with Crippen molar-refractivity contribution >= 4 is 17.2 Å². The van der Waals surface area contributed by atoms with Gasteiger partial charge in [0.05, 0.1) is 17.9 Å². The monoisotopic (exact) mass is 331 g/mol. The number of piperazine rings is 1. The summed E-state index contributed by atoms with van der Waals surface area (Å²) in [5.41, 5.74) is 2.25. The van der Waals surface area contributed by atoms with E-state index < -0.39 is 0 Å². The van der Waals surface area contributed by atoms with Crippen molar-refractivity contribution in [3.8, 4) is 5.75 Å². The molecule has 0 spiro atoms. The van der Waals surface area contributed by atoms with Gasteiger partial charge in [0.15, 0.2) is 5.75 Å². The third-order valence-electron chi connectivity index (χ3n) is 4.36. The summed E-state index contributed by atoms with van der Waals surface area (Å²) in [4.78, 5) is 28.8.